The molecule has 1 saturated heterocycles. The second-order valence-electron chi connectivity index (χ2n) is 10.7. The second kappa shape index (κ2) is 14.1. The Morgan fingerprint density at radius 1 is 1.05 bits per heavy atom. The van der Waals surface area contributed by atoms with Crippen LogP contribution >= 0.6 is 0 Å². The van der Waals surface area contributed by atoms with Crippen molar-refractivity contribution in [3.8, 4) is 0 Å². The third kappa shape index (κ3) is 8.79. The van der Waals surface area contributed by atoms with E-state index in [0.717, 1.165) is 25.7 Å². The van der Waals surface area contributed by atoms with Crippen LogP contribution in [0, 0.1) is 0 Å². The van der Waals surface area contributed by atoms with E-state index in [-0.39, 0.29) is 41.8 Å². The minimum Gasteiger partial charge on any atom is -0.508 e. The van der Waals surface area contributed by atoms with Crippen LogP contribution in [0.3, 0.4) is 0 Å². The standard InChI is InChI=1S/C29H47N3O5/c1-10-13-18-31-25(34)24(26(35)32(19-14-11-2)29(31,8)9)20-23(33)16-15-17-30(28(5,6)7)21-22(4)27(36)37-12-3/h15-17,20,33H,4,10-14,18-19,21H2,1-3,5-9H3/b17-15+,23-16-. The SMILES string of the molecule is C=C(CN(/C=C/C=C(\O)C=C1C(=O)N(CCCC)C(C)(C)N(CCCC)C1=O)C(C)(C)C)C(=O)OCC. The van der Waals surface area contributed by atoms with Gasteiger partial charge in [-0.15, -0.1) is 0 Å². The molecule has 1 N–H and O–H groups in total. The van der Waals surface area contributed by atoms with Crippen molar-refractivity contribution in [1.82, 2.24) is 14.7 Å². The molecule has 37 heavy (non-hydrogen) atoms. The zero-order valence-corrected chi connectivity index (χ0v) is 24.1. The van der Waals surface area contributed by atoms with Gasteiger partial charge in [0.2, 0.25) is 0 Å². The number of hydrogen-bond donors (Lipinski definition) is 1. The second-order valence-corrected chi connectivity index (χ2v) is 10.7. The Bertz CT molecular complexity index is 892. The molecule has 1 rings (SSSR count). The summed E-state index contributed by atoms with van der Waals surface area (Å²) in [5.41, 5.74) is -0.813. The molecule has 0 atom stereocenters. The molecule has 1 heterocycles. The van der Waals surface area contributed by atoms with Crippen LogP contribution in [0.25, 0.3) is 0 Å². The number of unbranched alkanes of at least 4 members (excludes halogenated alkanes) is 2. The highest BCUT2D eigenvalue weighted by Crippen LogP contribution is 2.31. The lowest BCUT2D eigenvalue weighted by molar-refractivity contribution is -0.160. The first-order valence-electron chi connectivity index (χ1n) is 13.3. The monoisotopic (exact) mass is 517 g/mol. The van der Waals surface area contributed by atoms with Crippen molar-refractivity contribution in [2.45, 2.75) is 92.3 Å². The van der Waals surface area contributed by atoms with Crippen LogP contribution in [0.5, 0.6) is 0 Å². The van der Waals surface area contributed by atoms with Crippen molar-refractivity contribution in [2.24, 2.45) is 0 Å². The Morgan fingerprint density at radius 3 is 2.00 bits per heavy atom. The molecule has 0 aromatic heterocycles. The van der Waals surface area contributed by atoms with Crippen molar-refractivity contribution in [1.29, 1.82) is 0 Å². The first-order valence-corrected chi connectivity index (χ1v) is 13.3. The Hall–Kier alpha value is -3.03. The van der Waals surface area contributed by atoms with Gasteiger partial charge in [0.15, 0.2) is 0 Å². The van der Waals surface area contributed by atoms with E-state index in [2.05, 4.69) is 20.4 Å². The quantitative estimate of drug-likeness (QED) is 0.120. The zero-order valence-electron chi connectivity index (χ0n) is 24.1. The topological polar surface area (TPSA) is 90.4 Å². The Labute approximate surface area is 223 Å². The summed E-state index contributed by atoms with van der Waals surface area (Å²) in [6.07, 6.45) is 9.50. The van der Waals surface area contributed by atoms with Crippen LogP contribution in [0.1, 0.15) is 81.1 Å². The van der Waals surface area contributed by atoms with Crippen LogP contribution < -0.4 is 0 Å². The fourth-order valence-corrected chi connectivity index (χ4v) is 3.99. The predicted octanol–water partition coefficient (Wildman–Crippen LogP) is 5.10. The molecule has 0 aromatic carbocycles. The molecule has 0 saturated carbocycles. The third-order valence-electron chi connectivity index (χ3n) is 6.35. The van der Waals surface area contributed by atoms with Gasteiger partial charge in [-0.05, 0) is 72.6 Å². The number of amides is 2. The van der Waals surface area contributed by atoms with Gasteiger partial charge in [0.25, 0.3) is 11.8 Å². The molecule has 2 amide bonds. The summed E-state index contributed by atoms with van der Waals surface area (Å²) in [5, 5.41) is 10.6. The molecular weight excluding hydrogens is 470 g/mol. The number of ether oxygens (including phenoxy) is 1. The zero-order chi connectivity index (χ0) is 28.4. The van der Waals surface area contributed by atoms with Crippen LogP contribution in [-0.4, -0.2) is 75.0 Å². The summed E-state index contributed by atoms with van der Waals surface area (Å²) < 4.78 is 5.02. The smallest absolute Gasteiger partial charge is 0.335 e. The summed E-state index contributed by atoms with van der Waals surface area (Å²) >= 11 is 0. The lowest BCUT2D eigenvalue weighted by atomic mass is 9.98. The van der Waals surface area contributed by atoms with Gasteiger partial charge < -0.3 is 24.5 Å². The maximum Gasteiger partial charge on any atom is 0.335 e. The number of esters is 1. The number of carbonyl (C=O) groups is 3. The van der Waals surface area contributed by atoms with E-state index in [1.807, 2.05) is 39.5 Å². The Kier molecular flexibility index (Phi) is 12.2. The molecule has 0 aliphatic carbocycles. The molecular formula is C29H47N3O5. The van der Waals surface area contributed by atoms with Crippen LogP contribution in [0.2, 0.25) is 0 Å². The third-order valence-corrected chi connectivity index (χ3v) is 6.35. The average molecular weight is 518 g/mol. The Morgan fingerprint density at radius 2 is 1.57 bits per heavy atom. The summed E-state index contributed by atoms with van der Waals surface area (Å²) in [7, 11) is 0. The molecule has 0 aromatic rings. The number of nitrogens with zero attached hydrogens (tertiary/aromatic N) is 3. The van der Waals surface area contributed by atoms with E-state index in [9.17, 15) is 19.5 Å². The maximum atomic E-state index is 13.4. The van der Waals surface area contributed by atoms with Crippen molar-refractivity contribution in [3.05, 3.63) is 47.9 Å². The molecule has 0 radical (unpaired) electrons. The first kappa shape index (κ1) is 32.0. The number of aliphatic hydroxyl groups is 1. The molecule has 8 nitrogen and oxygen atoms in total. The lowest BCUT2D eigenvalue weighted by Crippen LogP contribution is -2.66. The Balaban J connectivity index is 3.25. The molecule has 1 aliphatic rings. The first-order chi connectivity index (χ1) is 17.2. The van der Waals surface area contributed by atoms with Gasteiger partial charge in [-0.2, -0.15) is 0 Å². The van der Waals surface area contributed by atoms with Gasteiger partial charge in [0, 0.05) is 36.9 Å². The predicted molar refractivity (Wildman–Crippen MR) is 147 cm³/mol. The van der Waals surface area contributed by atoms with Crippen molar-refractivity contribution in [3.63, 3.8) is 0 Å². The van der Waals surface area contributed by atoms with E-state index >= 15 is 0 Å². The summed E-state index contributed by atoms with van der Waals surface area (Å²) in [4.78, 5) is 44.1. The van der Waals surface area contributed by atoms with E-state index in [1.165, 1.54) is 12.2 Å². The fraction of sp³-hybridized carbons (Fsp3) is 0.621. The summed E-state index contributed by atoms with van der Waals surface area (Å²) in [6, 6.07) is 0. The van der Waals surface area contributed by atoms with Crippen molar-refractivity contribution < 1.29 is 24.2 Å². The van der Waals surface area contributed by atoms with Crippen LogP contribution in [0.4, 0.5) is 0 Å². The van der Waals surface area contributed by atoms with Gasteiger partial charge in [-0.3, -0.25) is 9.59 Å². The number of aliphatic hydroxyl groups excluding tert-OH is 1. The van der Waals surface area contributed by atoms with Crippen LogP contribution in [0.15, 0.2) is 47.9 Å². The van der Waals surface area contributed by atoms with Gasteiger partial charge >= 0.3 is 5.97 Å². The molecule has 0 spiro atoms. The average Bonchev–Trinajstić information content (AvgIpc) is 2.80. The minimum atomic E-state index is -0.746. The van der Waals surface area contributed by atoms with E-state index < -0.39 is 11.6 Å². The number of allylic oxidation sites excluding steroid dienone is 3. The minimum absolute atomic E-state index is 0.0444. The highest BCUT2D eigenvalue weighted by Gasteiger charge is 2.47. The van der Waals surface area contributed by atoms with Crippen LogP contribution in [-0.2, 0) is 19.1 Å². The molecule has 1 aliphatic heterocycles. The normalized spacial score (nSPS) is 16.4. The van der Waals surface area contributed by atoms with Gasteiger partial charge in [-0.25, -0.2) is 4.79 Å². The lowest BCUT2D eigenvalue weighted by Gasteiger charge is -2.50. The van der Waals surface area contributed by atoms with Gasteiger partial charge in [0.1, 0.15) is 17.0 Å². The van der Waals surface area contributed by atoms with E-state index in [1.54, 1.807) is 29.0 Å². The molecule has 1 fully saturated rings. The summed E-state index contributed by atoms with van der Waals surface area (Å²) in [5.74, 6) is -1.41. The molecule has 208 valence electrons. The number of rotatable bonds is 13. The largest absolute Gasteiger partial charge is 0.508 e. The number of carbonyl (C=O) groups excluding carboxylic acids is 3. The van der Waals surface area contributed by atoms with E-state index in [0.29, 0.717) is 18.7 Å². The van der Waals surface area contributed by atoms with Crippen molar-refractivity contribution in [2.75, 3.05) is 26.2 Å². The molecule has 8 heteroatoms. The van der Waals surface area contributed by atoms with E-state index in [4.69, 9.17) is 4.74 Å². The highest BCUT2D eigenvalue weighted by atomic mass is 16.5. The summed E-state index contributed by atoms with van der Waals surface area (Å²) in [6.45, 7) is 21.0. The highest BCUT2D eigenvalue weighted by molar-refractivity contribution is 6.20. The van der Waals surface area contributed by atoms with Gasteiger partial charge in [-0.1, -0.05) is 33.3 Å². The molecule has 0 unspecified atom stereocenters. The van der Waals surface area contributed by atoms with Crippen molar-refractivity contribution >= 4 is 17.8 Å². The number of hydrogen-bond acceptors (Lipinski definition) is 6. The van der Waals surface area contributed by atoms with Gasteiger partial charge in [0.05, 0.1) is 6.61 Å². The fourth-order valence-electron chi connectivity index (χ4n) is 3.99. The molecule has 0 bridgehead atoms. The maximum absolute atomic E-state index is 13.4.